The van der Waals surface area contributed by atoms with Crippen molar-refractivity contribution in [2.75, 3.05) is 11.4 Å². The molecule has 3 aromatic rings. The van der Waals surface area contributed by atoms with Crippen molar-refractivity contribution in [3.63, 3.8) is 0 Å². The number of sulfonamides is 1. The molecule has 1 aliphatic heterocycles. The summed E-state index contributed by atoms with van der Waals surface area (Å²) in [5.41, 5.74) is 2.37. The van der Waals surface area contributed by atoms with E-state index in [0.29, 0.717) is 12.1 Å². The van der Waals surface area contributed by atoms with Gasteiger partial charge in [-0.1, -0.05) is 56.3 Å². The summed E-state index contributed by atoms with van der Waals surface area (Å²) in [6.07, 6.45) is 0.0856. The topological polar surface area (TPSA) is 74.8 Å². The summed E-state index contributed by atoms with van der Waals surface area (Å²) in [5, 5.41) is 0. The Bertz CT molecular complexity index is 1310. The molecule has 4 rings (SSSR count). The smallest absolute Gasteiger partial charge is 0.252 e. The fourth-order valence-electron chi connectivity index (χ4n) is 4.19. The minimum Gasteiger partial charge on any atom is -0.274 e. The molecule has 0 aromatic heterocycles. The predicted octanol–water partition coefficient (Wildman–Crippen LogP) is 4.51. The van der Waals surface area contributed by atoms with E-state index in [1.165, 1.54) is 12.1 Å². The molecule has 182 valence electrons. The van der Waals surface area contributed by atoms with Crippen molar-refractivity contribution >= 4 is 27.5 Å². The SMILES string of the molecule is CC(C)c1ccc(N2C(=O)CC(N(CCc3ccccc3)S(=O)(=O)c3ccc(F)cc3)C2=O)cc1. The number of rotatable bonds is 8. The second-order valence-corrected chi connectivity index (χ2v) is 10.7. The molecule has 1 saturated heterocycles. The number of halogens is 1. The van der Waals surface area contributed by atoms with Crippen molar-refractivity contribution in [2.45, 2.75) is 43.5 Å². The van der Waals surface area contributed by atoms with Gasteiger partial charge in [-0.05, 0) is 59.9 Å². The maximum absolute atomic E-state index is 13.6. The van der Waals surface area contributed by atoms with E-state index in [1.54, 1.807) is 12.1 Å². The summed E-state index contributed by atoms with van der Waals surface area (Å²) in [4.78, 5) is 27.3. The van der Waals surface area contributed by atoms with E-state index < -0.39 is 33.7 Å². The van der Waals surface area contributed by atoms with Crippen LogP contribution in [-0.2, 0) is 26.0 Å². The molecule has 3 aromatic carbocycles. The summed E-state index contributed by atoms with van der Waals surface area (Å²) in [6.45, 7) is 4.08. The van der Waals surface area contributed by atoms with Crippen LogP contribution in [0.3, 0.4) is 0 Å². The highest BCUT2D eigenvalue weighted by atomic mass is 32.2. The highest BCUT2D eigenvalue weighted by Gasteiger charge is 2.46. The van der Waals surface area contributed by atoms with Crippen LogP contribution < -0.4 is 4.90 Å². The van der Waals surface area contributed by atoms with Crippen LogP contribution in [0.25, 0.3) is 0 Å². The number of imide groups is 1. The van der Waals surface area contributed by atoms with Crippen LogP contribution in [0.15, 0.2) is 83.8 Å². The maximum Gasteiger partial charge on any atom is 0.252 e. The largest absolute Gasteiger partial charge is 0.274 e. The van der Waals surface area contributed by atoms with Gasteiger partial charge in [-0.2, -0.15) is 4.31 Å². The van der Waals surface area contributed by atoms with Gasteiger partial charge in [0.05, 0.1) is 17.0 Å². The molecule has 1 heterocycles. The third-order valence-electron chi connectivity index (χ3n) is 6.17. The summed E-state index contributed by atoms with van der Waals surface area (Å²) in [6, 6.07) is 19.7. The zero-order chi connectivity index (χ0) is 25.2. The monoisotopic (exact) mass is 494 g/mol. The summed E-state index contributed by atoms with van der Waals surface area (Å²) < 4.78 is 41.7. The highest BCUT2D eigenvalue weighted by Crippen LogP contribution is 2.30. The van der Waals surface area contributed by atoms with Gasteiger partial charge in [-0.15, -0.1) is 0 Å². The second kappa shape index (κ2) is 10.1. The van der Waals surface area contributed by atoms with Crippen LogP contribution in [0.1, 0.15) is 37.3 Å². The van der Waals surface area contributed by atoms with Gasteiger partial charge in [-0.25, -0.2) is 17.7 Å². The normalized spacial score (nSPS) is 16.5. The van der Waals surface area contributed by atoms with Crippen molar-refractivity contribution in [2.24, 2.45) is 0 Å². The van der Waals surface area contributed by atoms with Crippen LogP contribution in [0.5, 0.6) is 0 Å². The zero-order valence-electron chi connectivity index (χ0n) is 19.6. The molecule has 1 atom stereocenters. The summed E-state index contributed by atoms with van der Waals surface area (Å²) in [7, 11) is -4.18. The average Bonchev–Trinajstić information content (AvgIpc) is 3.13. The molecule has 0 bridgehead atoms. The molecule has 6 nitrogen and oxygen atoms in total. The minimum atomic E-state index is -4.18. The lowest BCUT2D eigenvalue weighted by Gasteiger charge is -2.27. The minimum absolute atomic E-state index is 0.00641. The van der Waals surface area contributed by atoms with Crippen LogP contribution in [-0.4, -0.2) is 37.1 Å². The molecule has 0 spiro atoms. The molecule has 1 fully saturated rings. The second-order valence-electron chi connectivity index (χ2n) is 8.84. The van der Waals surface area contributed by atoms with Gasteiger partial charge in [-0.3, -0.25) is 9.59 Å². The van der Waals surface area contributed by atoms with Crippen LogP contribution in [0, 0.1) is 5.82 Å². The van der Waals surface area contributed by atoms with Crippen LogP contribution in [0.4, 0.5) is 10.1 Å². The number of carbonyl (C=O) groups excluding carboxylic acids is 2. The predicted molar refractivity (Wildman–Crippen MR) is 132 cm³/mol. The Morgan fingerprint density at radius 2 is 1.57 bits per heavy atom. The van der Waals surface area contributed by atoms with Gasteiger partial charge in [0.15, 0.2) is 0 Å². The molecule has 0 aliphatic carbocycles. The lowest BCUT2D eigenvalue weighted by atomic mass is 10.0. The average molecular weight is 495 g/mol. The first-order valence-corrected chi connectivity index (χ1v) is 12.9. The van der Waals surface area contributed by atoms with E-state index in [0.717, 1.165) is 32.5 Å². The Balaban J connectivity index is 1.67. The lowest BCUT2D eigenvalue weighted by molar-refractivity contribution is -0.122. The fourth-order valence-corrected chi connectivity index (χ4v) is 5.77. The molecule has 2 amide bonds. The number of carbonyl (C=O) groups is 2. The zero-order valence-corrected chi connectivity index (χ0v) is 20.4. The standard InChI is InChI=1S/C27H27FN2O4S/c1-19(2)21-8-12-23(13-9-21)30-26(31)18-25(27(30)32)29(17-16-20-6-4-3-5-7-20)35(33,34)24-14-10-22(28)11-15-24/h3-15,19,25H,16-18H2,1-2H3. The van der Waals surface area contributed by atoms with E-state index in [2.05, 4.69) is 0 Å². The van der Waals surface area contributed by atoms with Gasteiger partial charge >= 0.3 is 0 Å². The van der Waals surface area contributed by atoms with E-state index >= 15 is 0 Å². The Kier molecular flexibility index (Phi) is 7.14. The van der Waals surface area contributed by atoms with E-state index in [9.17, 15) is 22.4 Å². The van der Waals surface area contributed by atoms with Crippen LogP contribution >= 0.6 is 0 Å². The van der Waals surface area contributed by atoms with Crippen molar-refractivity contribution < 1.29 is 22.4 Å². The third kappa shape index (κ3) is 5.18. The Hall–Kier alpha value is -3.36. The van der Waals surface area contributed by atoms with Gasteiger partial charge in [0.25, 0.3) is 5.91 Å². The molecule has 35 heavy (non-hydrogen) atoms. The first kappa shape index (κ1) is 24.8. The lowest BCUT2D eigenvalue weighted by Crippen LogP contribution is -2.46. The molecular formula is C27H27FN2O4S. The van der Waals surface area contributed by atoms with Gasteiger partial charge in [0.2, 0.25) is 15.9 Å². The van der Waals surface area contributed by atoms with Gasteiger partial charge in [0.1, 0.15) is 11.9 Å². The van der Waals surface area contributed by atoms with Crippen LogP contribution in [0.2, 0.25) is 0 Å². The Morgan fingerprint density at radius 1 is 0.943 bits per heavy atom. The van der Waals surface area contributed by atoms with Crippen molar-refractivity contribution in [3.05, 3.63) is 95.8 Å². The first-order valence-electron chi connectivity index (χ1n) is 11.5. The third-order valence-corrected chi connectivity index (χ3v) is 8.09. The molecular weight excluding hydrogens is 467 g/mol. The quantitative estimate of drug-likeness (QED) is 0.432. The Morgan fingerprint density at radius 3 is 2.17 bits per heavy atom. The van der Waals surface area contributed by atoms with Gasteiger partial charge < -0.3 is 0 Å². The van der Waals surface area contributed by atoms with E-state index in [4.69, 9.17) is 0 Å². The molecule has 8 heteroatoms. The van der Waals surface area contributed by atoms with Gasteiger partial charge in [0, 0.05) is 6.54 Å². The fraction of sp³-hybridized carbons (Fsp3) is 0.259. The number of anilines is 1. The highest BCUT2D eigenvalue weighted by molar-refractivity contribution is 7.89. The molecule has 1 unspecified atom stereocenters. The number of hydrogen-bond donors (Lipinski definition) is 0. The number of amides is 2. The van der Waals surface area contributed by atoms with E-state index in [1.807, 2.05) is 56.3 Å². The molecule has 0 radical (unpaired) electrons. The molecule has 0 N–H and O–H groups in total. The number of hydrogen-bond acceptors (Lipinski definition) is 4. The Labute approximate surface area is 205 Å². The number of nitrogens with zero attached hydrogens (tertiary/aromatic N) is 2. The summed E-state index contributed by atoms with van der Waals surface area (Å²) in [5.74, 6) is -1.33. The molecule has 1 aliphatic rings. The van der Waals surface area contributed by atoms with Crippen molar-refractivity contribution in [1.82, 2.24) is 4.31 Å². The maximum atomic E-state index is 13.6. The van der Waals surface area contributed by atoms with Crippen molar-refractivity contribution in [3.8, 4) is 0 Å². The van der Waals surface area contributed by atoms with E-state index in [-0.39, 0.29) is 23.8 Å². The number of benzene rings is 3. The summed E-state index contributed by atoms with van der Waals surface area (Å²) >= 11 is 0. The first-order chi connectivity index (χ1) is 16.7. The van der Waals surface area contributed by atoms with Crippen molar-refractivity contribution in [1.29, 1.82) is 0 Å². The molecule has 0 saturated carbocycles.